The number of amides is 3. The lowest BCUT2D eigenvalue weighted by atomic mass is 10.1. The van der Waals surface area contributed by atoms with Crippen LogP contribution in [0.15, 0.2) is 73.1 Å². The zero-order valence-corrected chi connectivity index (χ0v) is 24.7. The lowest BCUT2D eigenvalue weighted by Gasteiger charge is -2.31. The van der Waals surface area contributed by atoms with Crippen molar-refractivity contribution in [3.8, 4) is 0 Å². The van der Waals surface area contributed by atoms with Crippen molar-refractivity contribution in [3.63, 3.8) is 0 Å². The van der Waals surface area contributed by atoms with E-state index >= 15 is 0 Å². The molecule has 0 radical (unpaired) electrons. The minimum atomic E-state index is -1.21. The van der Waals surface area contributed by atoms with Gasteiger partial charge >= 0.3 is 0 Å². The molecular weight excluding hydrogens is 552 g/mol. The Bertz CT molecular complexity index is 1360. The zero-order valence-electron chi connectivity index (χ0n) is 24.7. The van der Waals surface area contributed by atoms with E-state index in [1.807, 2.05) is 60.7 Å². The van der Waals surface area contributed by atoms with E-state index in [4.69, 9.17) is 15.2 Å². The van der Waals surface area contributed by atoms with Gasteiger partial charge in [0.05, 0.1) is 36.7 Å². The minimum Gasteiger partial charge on any atom is -0.374 e. The standard InChI is InChI=1S/C31H40N6O6/c1-31(2,32)30(41)35-24(20-43-19-21-11-6-4-7-12-21)27(38)34-23-17-33-37(18-23)26(22-13-8-5-9-14-22)28(39)36-16-10-15-25(36)29(40)42-3/h4-9,11-14,17-18,24-26,29,40H,10,15-16,19-20,32H2,1-3H3,(H,34,38)(H,35,41)/t24-,25?,26?,29?/m1/s1. The highest BCUT2D eigenvalue weighted by Crippen LogP contribution is 2.28. The van der Waals surface area contributed by atoms with E-state index in [0.717, 1.165) is 12.0 Å². The van der Waals surface area contributed by atoms with E-state index in [2.05, 4.69) is 15.7 Å². The Morgan fingerprint density at radius 3 is 2.44 bits per heavy atom. The van der Waals surface area contributed by atoms with Gasteiger partial charge < -0.3 is 35.8 Å². The van der Waals surface area contributed by atoms with Crippen molar-refractivity contribution in [2.24, 2.45) is 5.73 Å². The SMILES string of the molecule is COC(O)C1CCCN1C(=O)C(c1ccccc1)n1cc(NC(=O)[C@@H](COCc2ccccc2)NC(=O)C(C)(C)N)cn1. The van der Waals surface area contributed by atoms with Gasteiger partial charge in [0.2, 0.25) is 11.8 Å². The fourth-order valence-electron chi connectivity index (χ4n) is 4.89. The van der Waals surface area contributed by atoms with Crippen LogP contribution in [0.1, 0.15) is 43.9 Å². The third kappa shape index (κ3) is 8.26. The summed E-state index contributed by atoms with van der Waals surface area (Å²) in [6.45, 7) is 3.72. The van der Waals surface area contributed by atoms with E-state index in [9.17, 15) is 19.5 Å². The lowest BCUT2D eigenvalue weighted by molar-refractivity contribution is -0.150. The molecule has 3 unspecified atom stereocenters. The zero-order chi connectivity index (χ0) is 31.0. The molecule has 5 N–H and O–H groups in total. The Morgan fingerprint density at radius 2 is 1.79 bits per heavy atom. The van der Waals surface area contributed by atoms with Gasteiger partial charge in [-0.15, -0.1) is 0 Å². The van der Waals surface area contributed by atoms with Gasteiger partial charge in [-0.25, -0.2) is 0 Å². The minimum absolute atomic E-state index is 0.0972. The third-order valence-corrected chi connectivity index (χ3v) is 7.24. The van der Waals surface area contributed by atoms with E-state index in [1.165, 1.54) is 18.0 Å². The van der Waals surface area contributed by atoms with Gasteiger partial charge in [0, 0.05) is 19.9 Å². The first kappa shape index (κ1) is 31.8. The van der Waals surface area contributed by atoms with Crippen LogP contribution in [0.4, 0.5) is 5.69 Å². The molecule has 1 saturated heterocycles. The van der Waals surface area contributed by atoms with Crippen molar-refractivity contribution in [1.29, 1.82) is 0 Å². The van der Waals surface area contributed by atoms with Gasteiger partial charge in [-0.1, -0.05) is 60.7 Å². The number of anilines is 1. The Labute approximate surface area is 251 Å². The van der Waals surface area contributed by atoms with Gasteiger partial charge in [-0.05, 0) is 37.8 Å². The van der Waals surface area contributed by atoms with Crippen molar-refractivity contribution in [2.75, 3.05) is 25.6 Å². The predicted molar refractivity (Wildman–Crippen MR) is 159 cm³/mol. The van der Waals surface area contributed by atoms with E-state index in [0.29, 0.717) is 24.2 Å². The van der Waals surface area contributed by atoms with Crippen LogP contribution in [0.25, 0.3) is 0 Å². The molecule has 1 aromatic heterocycles. The second-order valence-electron chi connectivity index (χ2n) is 11.1. The first-order chi connectivity index (χ1) is 20.6. The van der Waals surface area contributed by atoms with Crippen LogP contribution in [0.2, 0.25) is 0 Å². The maximum atomic E-state index is 13.9. The summed E-state index contributed by atoms with van der Waals surface area (Å²) in [5, 5.41) is 20.2. The number of nitrogens with two attached hydrogens (primary N) is 1. The second kappa shape index (κ2) is 14.4. The molecule has 4 atom stereocenters. The van der Waals surface area contributed by atoms with Crippen LogP contribution in [0.5, 0.6) is 0 Å². The maximum absolute atomic E-state index is 13.9. The molecule has 0 saturated carbocycles. The van der Waals surface area contributed by atoms with E-state index in [-0.39, 0.29) is 19.1 Å². The van der Waals surface area contributed by atoms with E-state index < -0.39 is 41.8 Å². The fourth-order valence-corrected chi connectivity index (χ4v) is 4.89. The van der Waals surface area contributed by atoms with Gasteiger partial charge in [0.15, 0.2) is 12.3 Å². The fraction of sp³-hybridized carbons (Fsp3) is 0.419. The van der Waals surface area contributed by atoms with Gasteiger partial charge in [0.25, 0.3) is 5.91 Å². The number of benzene rings is 2. The van der Waals surface area contributed by atoms with Crippen molar-refractivity contribution < 1.29 is 29.0 Å². The molecule has 1 fully saturated rings. The van der Waals surface area contributed by atoms with Crippen LogP contribution in [-0.2, 0) is 30.5 Å². The van der Waals surface area contributed by atoms with Crippen LogP contribution < -0.4 is 16.4 Å². The van der Waals surface area contributed by atoms with Crippen molar-refractivity contribution in [1.82, 2.24) is 20.0 Å². The summed E-state index contributed by atoms with van der Waals surface area (Å²) >= 11 is 0. The quantitative estimate of drug-likeness (QED) is 0.219. The summed E-state index contributed by atoms with van der Waals surface area (Å²) in [6.07, 6.45) is 3.23. The molecule has 0 aliphatic carbocycles. The second-order valence-corrected chi connectivity index (χ2v) is 11.1. The lowest BCUT2D eigenvalue weighted by Crippen LogP contribution is -2.56. The number of hydrogen-bond donors (Lipinski definition) is 4. The third-order valence-electron chi connectivity index (χ3n) is 7.24. The van der Waals surface area contributed by atoms with Crippen LogP contribution in [0, 0.1) is 0 Å². The molecule has 12 heteroatoms. The Hall–Kier alpha value is -4.10. The number of carbonyl (C=O) groups excluding carboxylic acids is 3. The number of methoxy groups -OCH3 is 1. The summed E-state index contributed by atoms with van der Waals surface area (Å²) in [4.78, 5) is 41.5. The molecule has 0 spiro atoms. The number of hydrogen-bond acceptors (Lipinski definition) is 8. The highest BCUT2D eigenvalue weighted by Gasteiger charge is 2.39. The van der Waals surface area contributed by atoms with Gasteiger partial charge in [0.1, 0.15) is 6.04 Å². The molecule has 230 valence electrons. The summed E-state index contributed by atoms with van der Waals surface area (Å²) in [7, 11) is 1.40. The number of carbonyl (C=O) groups is 3. The first-order valence-electron chi connectivity index (χ1n) is 14.2. The van der Waals surface area contributed by atoms with Gasteiger partial charge in [-0.3, -0.25) is 19.1 Å². The Morgan fingerprint density at radius 1 is 1.12 bits per heavy atom. The average molecular weight is 593 g/mol. The molecule has 3 aromatic rings. The largest absolute Gasteiger partial charge is 0.374 e. The van der Waals surface area contributed by atoms with Crippen LogP contribution in [0.3, 0.4) is 0 Å². The normalized spacial score (nSPS) is 17.2. The number of likely N-dealkylation sites (tertiary alicyclic amines) is 1. The summed E-state index contributed by atoms with van der Waals surface area (Å²) < 4.78 is 12.4. The highest BCUT2D eigenvalue weighted by molar-refractivity contribution is 5.98. The number of rotatable bonds is 13. The number of aliphatic hydroxyl groups excluding tert-OH is 1. The van der Waals surface area contributed by atoms with Crippen LogP contribution >= 0.6 is 0 Å². The topological polar surface area (TPSA) is 161 Å². The highest BCUT2D eigenvalue weighted by atomic mass is 16.6. The molecule has 3 amide bonds. The first-order valence-corrected chi connectivity index (χ1v) is 14.2. The number of nitrogens with zero attached hydrogens (tertiary/aromatic N) is 3. The van der Waals surface area contributed by atoms with Crippen molar-refractivity contribution >= 4 is 23.4 Å². The Balaban J connectivity index is 1.52. The van der Waals surface area contributed by atoms with Gasteiger partial charge in [-0.2, -0.15) is 5.10 Å². The molecule has 2 aromatic carbocycles. The molecule has 1 aliphatic rings. The monoisotopic (exact) mass is 592 g/mol. The summed E-state index contributed by atoms with van der Waals surface area (Å²) in [6, 6.07) is 16.2. The number of ether oxygens (including phenoxy) is 2. The summed E-state index contributed by atoms with van der Waals surface area (Å²) in [5.74, 6) is -1.30. The van der Waals surface area contributed by atoms with Crippen molar-refractivity contribution in [3.05, 3.63) is 84.2 Å². The van der Waals surface area contributed by atoms with E-state index in [1.54, 1.807) is 24.9 Å². The molecule has 12 nitrogen and oxygen atoms in total. The van der Waals surface area contributed by atoms with Crippen molar-refractivity contribution in [2.45, 2.75) is 63.3 Å². The van der Waals surface area contributed by atoms with Crippen LogP contribution in [-0.4, -0.2) is 81.7 Å². The summed E-state index contributed by atoms with van der Waals surface area (Å²) in [5.41, 5.74) is 6.67. The smallest absolute Gasteiger partial charge is 0.252 e. The average Bonchev–Trinajstić information content (AvgIpc) is 3.67. The molecule has 1 aliphatic heterocycles. The molecule has 2 heterocycles. The molecule has 0 bridgehead atoms. The number of nitrogens with one attached hydrogen (secondary N) is 2. The molecule has 43 heavy (non-hydrogen) atoms. The molecule has 4 rings (SSSR count). The number of aromatic nitrogens is 2. The Kier molecular flexibility index (Phi) is 10.6. The predicted octanol–water partition coefficient (Wildman–Crippen LogP) is 1.81. The number of aliphatic hydroxyl groups is 1. The maximum Gasteiger partial charge on any atom is 0.252 e. The molecular formula is C31H40N6O6.